The average Bonchev–Trinajstić information content (AvgIpc) is 2.33. The van der Waals surface area contributed by atoms with Gasteiger partial charge in [0, 0.05) is 6.26 Å². The quantitative estimate of drug-likeness (QED) is 0.815. The number of hydrogen-bond donors (Lipinski definition) is 1. The minimum absolute atomic E-state index is 0.138. The molecule has 0 saturated carbocycles. The molecular formula is C15H23NO2S. The summed E-state index contributed by atoms with van der Waals surface area (Å²) >= 11 is 0. The van der Waals surface area contributed by atoms with Crippen LogP contribution in [0.1, 0.15) is 38.8 Å². The smallest absolute Gasteiger partial charge is 0.175 e. The van der Waals surface area contributed by atoms with Gasteiger partial charge < -0.3 is 5.32 Å². The molecule has 1 unspecified atom stereocenters. The molecule has 1 aromatic rings. The molecule has 0 heterocycles. The van der Waals surface area contributed by atoms with Crippen molar-refractivity contribution >= 4 is 9.84 Å². The first-order chi connectivity index (χ1) is 8.84. The third kappa shape index (κ3) is 5.17. The van der Waals surface area contributed by atoms with Crippen molar-refractivity contribution in [2.75, 3.05) is 12.8 Å². The fourth-order valence-corrected chi connectivity index (χ4v) is 2.46. The van der Waals surface area contributed by atoms with Crippen LogP contribution in [0.3, 0.4) is 0 Å². The van der Waals surface area contributed by atoms with E-state index in [9.17, 15) is 8.42 Å². The van der Waals surface area contributed by atoms with Crippen LogP contribution in [0.4, 0.5) is 0 Å². The van der Waals surface area contributed by atoms with Gasteiger partial charge in [0.2, 0.25) is 0 Å². The number of nitrogens with one attached hydrogen (secondary N) is 1. The fourth-order valence-electron chi connectivity index (χ4n) is 1.83. The lowest BCUT2D eigenvalue weighted by molar-refractivity contribution is 0.600. The van der Waals surface area contributed by atoms with Crippen LogP contribution in [0.2, 0.25) is 0 Å². The van der Waals surface area contributed by atoms with Gasteiger partial charge in [0.15, 0.2) is 9.84 Å². The van der Waals surface area contributed by atoms with Crippen molar-refractivity contribution in [3.8, 4) is 0 Å². The van der Waals surface area contributed by atoms with Gasteiger partial charge in [0.1, 0.15) is 0 Å². The third-order valence-corrected chi connectivity index (χ3v) is 3.91. The largest absolute Gasteiger partial charge is 0.307 e. The van der Waals surface area contributed by atoms with Crippen LogP contribution in [0, 0.1) is 0 Å². The van der Waals surface area contributed by atoms with Crippen molar-refractivity contribution < 1.29 is 8.42 Å². The molecule has 0 aliphatic rings. The lowest BCUT2D eigenvalue weighted by atomic mass is 10.0. The Morgan fingerprint density at radius 2 is 1.84 bits per heavy atom. The Morgan fingerprint density at radius 3 is 2.26 bits per heavy atom. The second-order valence-corrected chi connectivity index (χ2v) is 7.03. The van der Waals surface area contributed by atoms with Crippen molar-refractivity contribution in [3.05, 3.63) is 41.5 Å². The zero-order chi connectivity index (χ0) is 14.5. The van der Waals surface area contributed by atoms with E-state index in [1.807, 2.05) is 12.1 Å². The first-order valence-corrected chi connectivity index (χ1v) is 8.42. The minimum Gasteiger partial charge on any atom is -0.307 e. The molecule has 1 atom stereocenters. The van der Waals surface area contributed by atoms with Gasteiger partial charge in [-0.05, 0) is 44.5 Å². The lowest BCUT2D eigenvalue weighted by Gasteiger charge is -2.16. The molecule has 19 heavy (non-hydrogen) atoms. The van der Waals surface area contributed by atoms with Crippen LogP contribution in [-0.4, -0.2) is 21.2 Å². The minimum atomic E-state index is -3.12. The highest BCUT2D eigenvalue weighted by Gasteiger charge is 2.10. The molecule has 0 spiro atoms. The van der Waals surface area contributed by atoms with Crippen molar-refractivity contribution in [1.29, 1.82) is 0 Å². The van der Waals surface area contributed by atoms with Gasteiger partial charge in [-0.3, -0.25) is 0 Å². The van der Waals surface area contributed by atoms with Gasteiger partial charge in [-0.25, -0.2) is 8.42 Å². The molecule has 106 valence electrons. The molecule has 0 aliphatic heterocycles. The van der Waals surface area contributed by atoms with E-state index < -0.39 is 9.84 Å². The van der Waals surface area contributed by atoms with E-state index in [1.165, 1.54) is 11.8 Å². The predicted molar refractivity (Wildman–Crippen MR) is 80.0 cm³/mol. The van der Waals surface area contributed by atoms with Crippen molar-refractivity contribution in [3.63, 3.8) is 0 Å². The Hall–Kier alpha value is -1.13. The van der Waals surface area contributed by atoms with Gasteiger partial charge >= 0.3 is 0 Å². The summed E-state index contributed by atoms with van der Waals surface area (Å²) in [4.78, 5) is 0.364. The summed E-state index contributed by atoms with van der Waals surface area (Å²) in [5, 5.41) is 3.45. The molecule has 0 aliphatic carbocycles. The van der Waals surface area contributed by atoms with Crippen LogP contribution in [-0.2, 0) is 9.84 Å². The Balaban J connectivity index is 3.00. The van der Waals surface area contributed by atoms with E-state index in [4.69, 9.17) is 0 Å². The molecule has 1 N–H and O–H groups in total. The summed E-state index contributed by atoms with van der Waals surface area (Å²) in [7, 11) is -3.12. The van der Waals surface area contributed by atoms with Crippen LogP contribution >= 0.6 is 0 Å². The highest BCUT2D eigenvalue weighted by atomic mass is 32.2. The Morgan fingerprint density at radius 1 is 1.26 bits per heavy atom. The van der Waals surface area contributed by atoms with E-state index in [1.54, 1.807) is 12.1 Å². The Kier molecular flexibility index (Phi) is 5.76. The second-order valence-electron chi connectivity index (χ2n) is 5.02. The maximum absolute atomic E-state index is 11.4. The molecular weight excluding hydrogens is 258 g/mol. The highest BCUT2D eigenvalue weighted by molar-refractivity contribution is 7.90. The summed E-state index contributed by atoms with van der Waals surface area (Å²) in [5.41, 5.74) is 2.32. The zero-order valence-corrected chi connectivity index (χ0v) is 12.9. The van der Waals surface area contributed by atoms with Crippen molar-refractivity contribution in [2.45, 2.75) is 38.1 Å². The van der Waals surface area contributed by atoms with E-state index in [0.717, 1.165) is 18.5 Å². The van der Waals surface area contributed by atoms with Crippen LogP contribution < -0.4 is 5.32 Å². The second kappa shape index (κ2) is 6.87. The molecule has 0 aromatic heterocycles. The number of allylic oxidation sites excluding steroid dienone is 1. The van der Waals surface area contributed by atoms with E-state index in [-0.39, 0.29) is 6.04 Å². The first kappa shape index (κ1) is 15.9. The summed E-state index contributed by atoms with van der Waals surface area (Å²) in [6.07, 6.45) is 4.45. The molecule has 1 rings (SSSR count). The van der Waals surface area contributed by atoms with E-state index >= 15 is 0 Å². The number of rotatable bonds is 6. The SMILES string of the molecule is CCCNC(C=C(C)C)c1ccc(S(C)(=O)=O)cc1. The summed E-state index contributed by atoms with van der Waals surface area (Å²) < 4.78 is 22.9. The monoisotopic (exact) mass is 281 g/mol. The predicted octanol–water partition coefficient (Wildman–Crippen LogP) is 3.10. The molecule has 4 heteroatoms. The molecule has 0 fully saturated rings. The van der Waals surface area contributed by atoms with Crippen LogP contribution in [0.25, 0.3) is 0 Å². The van der Waals surface area contributed by atoms with Gasteiger partial charge in [0.05, 0.1) is 10.9 Å². The third-order valence-electron chi connectivity index (χ3n) is 2.78. The first-order valence-electron chi connectivity index (χ1n) is 6.53. The normalized spacial score (nSPS) is 13.1. The molecule has 0 saturated heterocycles. The van der Waals surface area contributed by atoms with Crippen molar-refractivity contribution in [2.24, 2.45) is 0 Å². The van der Waals surface area contributed by atoms with Gasteiger partial charge in [-0.15, -0.1) is 0 Å². The van der Waals surface area contributed by atoms with Crippen LogP contribution in [0.5, 0.6) is 0 Å². The van der Waals surface area contributed by atoms with E-state index in [2.05, 4.69) is 32.2 Å². The molecule has 3 nitrogen and oxygen atoms in total. The fraction of sp³-hybridized carbons (Fsp3) is 0.467. The maximum Gasteiger partial charge on any atom is 0.175 e. The topological polar surface area (TPSA) is 46.2 Å². The Bertz CT molecular complexity index is 526. The summed E-state index contributed by atoms with van der Waals surface area (Å²) in [5.74, 6) is 0. The summed E-state index contributed by atoms with van der Waals surface area (Å²) in [6, 6.07) is 7.24. The van der Waals surface area contributed by atoms with Crippen LogP contribution in [0.15, 0.2) is 40.8 Å². The molecule has 1 aromatic carbocycles. The van der Waals surface area contributed by atoms with Gasteiger partial charge in [-0.2, -0.15) is 0 Å². The van der Waals surface area contributed by atoms with Crippen molar-refractivity contribution in [1.82, 2.24) is 5.32 Å². The van der Waals surface area contributed by atoms with Gasteiger partial charge in [-0.1, -0.05) is 30.7 Å². The zero-order valence-electron chi connectivity index (χ0n) is 12.1. The van der Waals surface area contributed by atoms with E-state index in [0.29, 0.717) is 4.90 Å². The average molecular weight is 281 g/mol. The maximum atomic E-state index is 11.4. The molecule has 0 bridgehead atoms. The number of benzene rings is 1. The lowest BCUT2D eigenvalue weighted by Crippen LogP contribution is -2.20. The summed E-state index contributed by atoms with van der Waals surface area (Å²) in [6.45, 7) is 7.18. The molecule has 0 amide bonds. The molecule has 0 radical (unpaired) electrons. The van der Waals surface area contributed by atoms with Gasteiger partial charge in [0.25, 0.3) is 0 Å². The highest BCUT2D eigenvalue weighted by Crippen LogP contribution is 2.19. The standard InChI is InChI=1S/C15H23NO2S/c1-5-10-16-15(11-12(2)3)13-6-8-14(9-7-13)19(4,17)18/h6-9,11,15-16H,5,10H2,1-4H3. The number of hydrogen-bond acceptors (Lipinski definition) is 3. The number of sulfone groups is 1. The Labute approximate surface area is 116 Å².